The van der Waals surface area contributed by atoms with Crippen molar-refractivity contribution in [2.24, 2.45) is 0 Å². The highest BCUT2D eigenvalue weighted by atomic mass is 16.5. The van der Waals surface area contributed by atoms with Crippen molar-refractivity contribution in [2.45, 2.75) is 46.1 Å². The molecule has 0 atom stereocenters. The number of unbranched alkanes of at least 4 members (excludes halogenated alkanes) is 1. The monoisotopic (exact) mass is 456 g/mol. The third-order valence-electron chi connectivity index (χ3n) is 6.02. The predicted molar refractivity (Wildman–Crippen MR) is 135 cm³/mol. The summed E-state index contributed by atoms with van der Waals surface area (Å²) in [6.07, 6.45) is 5.23. The molecule has 6 nitrogen and oxygen atoms in total. The average Bonchev–Trinajstić information content (AvgIpc) is 3.21. The van der Waals surface area contributed by atoms with E-state index in [9.17, 15) is 4.79 Å². The molecule has 0 saturated carbocycles. The van der Waals surface area contributed by atoms with Crippen molar-refractivity contribution in [1.82, 2.24) is 19.9 Å². The van der Waals surface area contributed by atoms with Crippen molar-refractivity contribution in [3.05, 3.63) is 89.5 Å². The summed E-state index contributed by atoms with van der Waals surface area (Å²) in [6, 6.07) is 19.8. The average molecular weight is 457 g/mol. The molecule has 0 spiro atoms. The van der Waals surface area contributed by atoms with Crippen LogP contribution in [-0.4, -0.2) is 33.6 Å². The van der Waals surface area contributed by atoms with Gasteiger partial charge in [-0.1, -0.05) is 24.3 Å². The standard InChI is InChI=1S/C28H32N4O2/c1-21-14-15-23(20-22(21)2)34-19-8-7-18-32-26-12-4-3-10-24(26)31-27(32)13-9-17-30-28(33)25-11-5-6-16-29-25/h3-6,10-12,14-16,20H,7-9,13,17-19H2,1-2H3,(H,30,33). The molecule has 0 unspecified atom stereocenters. The summed E-state index contributed by atoms with van der Waals surface area (Å²) in [7, 11) is 0. The maximum Gasteiger partial charge on any atom is 0.269 e. The molecule has 0 saturated heterocycles. The summed E-state index contributed by atoms with van der Waals surface area (Å²) in [6.45, 7) is 6.40. The van der Waals surface area contributed by atoms with Gasteiger partial charge in [0.1, 0.15) is 17.3 Å². The second kappa shape index (κ2) is 11.5. The first-order valence-electron chi connectivity index (χ1n) is 12.0. The van der Waals surface area contributed by atoms with Crippen molar-refractivity contribution in [2.75, 3.05) is 13.2 Å². The minimum absolute atomic E-state index is 0.141. The summed E-state index contributed by atoms with van der Waals surface area (Å²) in [5, 5.41) is 2.95. The minimum atomic E-state index is -0.141. The van der Waals surface area contributed by atoms with Gasteiger partial charge in [-0.2, -0.15) is 0 Å². The van der Waals surface area contributed by atoms with Gasteiger partial charge in [0.25, 0.3) is 5.91 Å². The van der Waals surface area contributed by atoms with Crippen molar-refractivity contribution in [3.8, 4) is 5.75 Å². The first kappa shape index (κ1) is 23.5. The fourth-order valence-corrected chi connectivity index (χ4v) is 3.97. The van der Waals surface area contributed by atoms with Gasteiger partial charge in [0, 0.05) is 25.7 Å². The van der Waals surface area contributed by atoms with E-state index in [-0.39, 0.29) is 5.91 Å². The first-order chi connectivity index (χ1) is 16.6. The second-order valence-corrected chi connectivity index (χ2v) is 8.54. The number of hydrogen-bond acceptors (Lipinski definition) is 4. The zero-order chi connectivity index (χ0) is 23.8. The van der Waals surface area contributed by atoms with E-state index < -0.39 is 0 Å². The second-order valence-electron chi connectivity index (χ2n) is 8.54. The van der Waals surface area contributed by atoms with Crippen LogP contribution in [0.5, 0.6) is 5.75 Å². The summed E-state index contributed by atoms with van der Waals surface area (Å²) >= 11 is 0. The largest absolute Gasteiger partial charge is 0.494 e. The van der Waals surface area contributed by atoms with Gasteiger partial charge in [-0.05, 0) is 80.6 Å². The summed E-state index contributed by atoms with van der Waals surface area (Å²) in [5.74, 6) is 1.85. The minimum Gasteiger partial charge on any atom is -0.494 e. The van der Waals surface area contributed by atoms with Crippen molar-refractivity contribution in [1.29, 1.82) is 0 Å². The topological polar surface area (TPSA) is 69.0 Å². The normalized spacial score (nSPS) is 11.0. The van der Waals surface area contributed by atoms with Crippen LogP contribution in [0, 0.1) is 13.8 Å². The van der Waals surface area contributed by atoms with E-state index in [4.69, 9.17) is 9.72 Å². The van der Waals surface area contributed by atoms with Crippen LogP contribution in [0.3, 0.4) is 0 Å². The molecular formula is C28H32N4O2. The Morgan fingerprint density at radius 3 is 2.65 bits per heavy atom. The number of nitrogens with one attached hydrogen (secondary N) is 1. The highest BCUT2D eigenvalue weighted by molar-refractivity contribution is 5.92. The number of para-hydroxylation sites is 2. The molecule has 4 aromatic rings. The molecule has 2 aromatic heterocycles. The number of aryl methyl sites for hydroxylation is 4. The number of fused-ring (bicyclic) bond motifs is 1. The van der Waals surface area contributed by atoms with Crippen molar-refractivity contribution < 1.29 is 9.53 Å². The lowest BCUT2D eigenvalue weighted by molar-refractivity contribution is 0.0948. The molecule has 1 N–H and O–H groups in total. The number of carbonyl (C=O) groups is 1. The zero-order valence-electron chi connectivity index (χ0n) is 20.0. The number of aromatic nitrogens is 3. The van der Waals surface area contributed by atoms with Crippen LogP contribution in [0.2, 0.25) is 0 Å². The highest BCUT2D eigenvalue weighted by Gasteiger charge is 2.11. The smallest absolute Gasteiger partial charge is 0.269 e. The van der Waals surface area contributed by atoms with Crippen molar-refractivity contribution >= 4 is 16.9 Å². The number of hydrogen-bond donors (Lipinski definition) is 1. The van der Waals surface area contributed by atoms with E-state index >= 15 is 0 Å². The number of ether oxygens (including phenoxy) is 1. The molecule has 0 aliphatic carbocycles. The van der Waals surface area contributed by atoms with E-state index in [0.717, 1.165) is 54.8 Å². The Morgan fingerprint density at radius 1 is 0.971 bits per heavy atom. The number of pyridine rings is 1. The Hall–Kier alpha value is -3.67. The number of benzene rings is 2. The maximum atomic E-state index is 12.2. The van der Waals surface area contributed by atoms with Gasteiger partial charge in [0.15, 0.2) is 0 Å². The lowest BCUT2D eigenvalue weighted by atomic mass is 10.1. The summed E-state index contributed by atoms with van der Waals surface area (Å²) in [5.41, 5.74) is 5.15. The van der Waals surface area contributed by atoms with Gasteiger partial charge in [0.2, 0.25) is 0 Å². The molecule has 0 aliphatic heterocycles. The fraction of sp³-hybridized carbons (Fsp3) is 0.321. The van der Waals surface area contributed by atoms with Gasteiger partial charge >= 0.3 is 0 Å². The predicted octanol–water partition coefficient (Wildman–Crippen LogP) is 5.27. The van der Waals surface area contributed by atoms with E-state index in [1.165, 1.54) is 11.1 Å². The summed E-state index contributed by atoms with van der Waals surface area (Å²) < 4.78 is 8.26. The van der Waals surface area contributed by atoms with Crippen LogP contribution in [0.15, 0.2) is 66.9 Å². The molecule has 2 aromatic carbocycles. The van der Waals surface area contributed by atoms with E-state index in [1.807, 2.05) is 18.2 Å². The van der Waals surface area contributed by atoms with E-state index in [0.29, 0.717) is 18.8 Å². The molecule has 4 rings (SSSR count). The van der Waals surface area contributed by atoms with Crippen LogP contribution in [0.1, 0.15) is 46.7 Å². The third-order valence-corrected chi connectivity index (χ3v) is 6.02. The number of nitrogens with zero attached hydrogens (tertiary/aromatic N) is 3. The van der Waals surface area contributed by atoms with Crippen LogP contribution >= 0.6 is 0 Å². The number of imidazole rings is 1. The molecule has 34 heavy (non-hydrogen) atoms. The fourth-order valence-electron chi connectivity index (χ4n) is 3.97. The Labute approximate surface area is 201 Å². The molecule has 2 heterocycles. The van der Waals surface area contributed by atoms with Crippen LogP contribution < -0.4 is 10.1 Å². The number of amides is 1. The maximum absolute atomic E-state index is 12.2. The van der Waals surface area contributed by atoms with Crippen LogP contribution in [0.4, 0.5) is 0 Å². The molecule has 6 heteroatoms. The van der Waals surface area contributed by atoms with Gasteiger partial charge in [-0.15, -0.1) is 0 Å². The lowest BCUT2D eigenvalue weighted by Crippen LogP contribution is -2.25. The number of carbonyl (C=O) groups excluding carboxylic acids is 1. The molecule has 176 valence electrons. The molecule has 0 bridgehead atoms. The van der Waals surface area contributed by atoms with Gasteiger partial charge in [-0.25, -0.2) is 4.98 Å². The Morgan fingerprint density at radius 2 is 1.82 bits per heavy atom. The lowest BCUT2D eigenvalue weighted by Gasteiger charge is -2.11. The Kier molecular flexibility index (Phi) is 7.91. The Balaban J connectivity index is 1.29. The summed E-state index contributed by atoms with van der Waals surface area (Å²) in [4.78, 5) is 21.2. The zero-order valence-corrected chi connectivity index (χ0v) is 20.0. The van der Waals surface area contributed by atoms with Crippen molar-refractivity contribution in [3.63, 3.8) is 0 Å². The van der Waals surface area contributed by atoms with Gasteiger partial charge < -0.3 is 14.6 Å². The van der Waals surface area contributed by atoms with Crippen LogP contribution in [0.25, 0.3) is 11.0 Å². The van der Waals surface area contributed by atoms with Crippen LogP contribution in [-0.2, 0) is 13.0 Å². The Bertz CT molecular complexity index is 1230. The third kappa shape index (κ3) is 6.01. The quantitative estimate of drug-likeness (QED) is 0.312. The molecule has 0 aliphatic rings. The molecule has 0 fully saturated rings. The molecule has 0 radical (unpaired) electrons. The first-order valence-corrected chi connectivity index (χ1v) is 12.0. The van der Waals surface area contributed by atoms with Gasteiger partial charge in [-0.3, -0.25) is 9.78 Å². The van der Waals surface area contributed by atoms with E-state index in [2.05, 4.69) is 59.0 Å². The number of rotatable bonds is 11. The molecule has 1 amide bonds. The highest BCUT2D eigenvalue weighted by Crippen LogP contribution is 2.19. The SMILES string of the molecule is Cc1ccc(OCCCCn2c(CCCNC(=O)c3ccccn3)nc3ccccc32)cc1C. The van der Waals surface area contributed by atoms with E-state index in [1.54, 1.807) is 18.3 Å². The molecular weight excluding hydrogens is 424 g/mol. The van der Waals surface area contributed by atoms with Gasteiger partial charge in [0.05, 0.1) is 17.6 Å².